The number of fused-ring (bicyclic) bond motifs is 1. The molecule has 3 heterocycles. The van der Waals surface area contributed by atoms with Crippen molar-refractivity contribution in [3.8, 4) is 0 Å². The zero-order valence-electron chi connectivity index (χ0n) is 16.5. The maximum absolute atomic E-state index is 13.1. The van der Waals surface area contributed by atoms with Crippen molar-refractivity contribution in [1.82, 2.24) is 19.7 Å². The molecule has 0 unspecified atom stereocenters. The van der Waals surface area contributed by atoms with Crippen molar-refractivity contribution in [1.29, 1.82) is 0 Å². The molecule has 0 saturated heterocycles. The summed E-state index contributed by atoms with van der Waals surface area (Å²) in [5.74, 6) is 2.53. The molecule has 2 aliphatic rings. The molecule has 1 atom stereocenters. The van der Waals surface area contributed by atoms with Crippen LogP contribution >= 0.6 is 11.8 Å². The van der Waals surface area contributed by atoms with Gasteiger partial charge >= 0.3 is 0 Å². The molecule has 1 amide bonds. The quantitative estimate of drug-likeness (QED) is 0.580. The highest BCUT2D eigenvalue weighted by Crippen LogP contribution is 2.40. The second kappa shape index (κ2) is 7.71. The van der Waals surface area contributed by atoms with Crippen LogP contribution in [0.3, 0.4) is 0 Å². The van der Waals surface area contributed by atoms with Crippen molar-refractivity contribution in [2.75, 3.05) is 6.54 Å². The molecule has 1 aliphatic carbocycles. The van der Waals surface area contributed by atoms with Crippen LogP contribution in [0.4, 0.5) is 0 Å². The second-order valence-electron chi connectivity index (χ2n) is 7.82. The number of hydrogen-bond donors (Lipinski definition) is 0. The Morgan fingerprint density at radius 2 is 2.03 bits per heavy atom. The van der Waals surface area contributed by atoms with Gasteiger partial charge in [-0.05, 0) is 49.4 Å². The number of carbonyl (C=O) groups excluding carboxylic acids is 1. The molecule has 1 aliphatic heterocycles. The van der Waals surface area contributed by atoms with Crippen molar-refractivity contribution >= 4 is 17.7 Å². The van der Waals surface area contributed by atoms with Gasteiger partial charge in [0.05, 0.1) is 18.1 Å². The number of benzene rings is 1. The predicted octanol–water partition coefficient (Wildman–Crippen LogP) is 3.86. The summed E-state index contributed by atoms with van der Waals surface area (Å²) in [5, 5.41) is 9.44. The summed E-state index contributed by atoms with van der Waals surface area (Å²) in [6.45, 7) is 4.03. The number of thioether (sulfide) groups is 1. The lowest BCUT2D eigenvalue weighted by Crippen LogP contribution is -2.40. The SMILES string of the molecule is C[C@H](Sc1nnc(C2CC2)n1Cc1ccco1)C(=O)N1CCc2ccccc2C1. The maximum Gasteiger partial charge on any atom is 0.236 e. The molecule has 1 fully saturated rings. The summed E-state index contributed by atoms with van der Waals surface area (Å²) < 4.78 is 7.66. The van der Waals surface area contributed by atoms with E-state index in [1.54, 1.807) is 6.26 Å². The van der Waals surface area contributed by atoms with E-state index in [1.165, 1.54) is 22.9 Å². The van der Waals surface area contributed by atoms with Crippen molar-refractivity contribution in [3.63, 3.8) is 0 Å². The molecule has 3 aromatic rings. The molecule has 1 saturated carbocycles. The Balaban J connectivity index is 1.32. The van der Waals surface area contributed by atoms with E-state index in [0.717, 1.165) is 42.5 Å². The van der Waals surface area contributed by atoms with Crippen LogP contribution in [0.25, 0.3) is 0 Å². The third-order valence-corrected chi connectivity index (χ3v) is 6.72. The number of amides is 1. The van der Waals surface area contributed by atoms with Crippen LogP contribution in [-0.4, -0.2) is 37.4 Å². The van der Waals surface area contributed by atoms with Gasteiger partial charge in [0.25, 0.3) is 0 Å². The maximum atomic E-state index is 13.1. The largest absolute Gasteiger partial charge is 0.467 e. The molecular formula is C22H24N4O2S. The van der Waals surface area contributed by atoms with E-state index in [2.05, 4.69) is 33.0 Å². The number of carbonyl (C=O) groups is 1. The molecular weight excluding hydrogens is 384 g/mol. The highest BCUT2D eigenvalue weighted by atomic mass is 32.2. The zero-order chi connectivity index (χ0) is 19.8. The third kappa shape index (κ3) is 3.83. The van der Waals surface area contributed by atoms with Gasteiger partial charge in [-0.3, -0.25) is 9.36 Å². The fraction of sp³-hybridized carbons (Fsp3) is 0.409. The fourth-order valence-electron chi connectivity index (χ4n) is 3.89. The lowest BCUT2D eigenvalue weighted by molar-refractivity contribution is -0.131. The van der Waals surface area contributed by atoms with Crippen LogP contribution in [0.15, 0.2) is 52.2 Å². The van der Waals surface area contributed by atoms with E-state index < -0.39 is 0 Å². The molecule has 0 spiro atoms. The zero-order valence-corrected chi connectivity index (χ0v) is 17.3. The van der Waals surface area contributed by atoms with Crippen molar-refractivity contribution in [2.24, 2.45) is 0 Å². The lowest BCUT2D eigenvalue weighted by Gasteiger charge is -2.30. The third-order valence-electron chi connectivity index (χ3n) is 5.65. The summed E-state index contributed by atoms with van der Waals surface area (Å²) in [6, 6.07) is 12.2. The van der Waals surface area contributed by atoms with Gasteiger partial charge in [-0.25, -0.2) is 0 Å². The van der Waals surface area contributed by atoms with Crippen LogP contribution in [0.2, 0.25) is 0 Å². The second-order valence-corrected chi connectivity index (χ2v) is 9.13. The Bertz CT molecular complexity index is 1010. The molecule has 150 valence electrons. The van der Waals surface area contributed by atoms with E-state index in [9.17, 15) is 4.79 Å². The Kier molecular flexibility index (Phi) is 4.91. The standard InChI is InChI=1S/C22H24N4O2S/c1-15(21(27)25-11-10-16-5-2-3-6-18(16)13-25)29-22-24-23-20(17-8-9-17)26(22)14-19-7-4-12-28-19/h2-7,12,15,17H,8-11,13-14H2,1H3/t15-/m0/s1. The minimum atomic E-state index is -0.216. The highest BCUT2D eigenvalue weighted by Gasteiger charge is 2.32. The van der Waals surface area contributed by atoms with Crippen LogP contribution < -0.4 is 0 Å². The van der Waals surface area contributed by atoms with Gasteiger partial charge in [-0.15, -0.1) is 10.2 Å². The molecule has 6 nitrogen and oxygen atoms in total. The van der Waals surface area contributed by atoms with Gasteiger partial charge < -0.3 is 9.32 Å². The van der Waals surface area contributed by atoms with Crippen LogP contribution in [0.5, 0.6) is 0 Å². The predicted molar refractivity (Wildman–Crippen MR) is 111 cm³/mol. The van der Waals surface area contributed by atoms with Gasteiger partial charge in [0.1, 0.15) is 11.6 Å². The van der Waals surface area contributed by atoms with E-state index in [0.29, 0.717) is 19.0 Å². The lowest BCUT2D eigenvalue weighted by atomic mass is 10.00. The highest BCUT2D eigenvalue weighted by molar-refractivity contribution is 8.00. The molecule has 0 radical (unpaired) electrons. The Hall–Kier alpha value is -2.54. The molecule has 0 bridgehead atoms. The monoisotopic (exact) mass is 408 g/mol. The summed E-state index contributed by atoms with van der Waals surface area (Å²) in [4.78, 5) is 15.1. The summed E-state index contributed by atoms with van der Waals surface area (Å²) in [6.07, 6.45) is 4.91. The van der Waals surface area contributed by atoms with E-state index in [1.807, 2.05) is 30.0 Å². The Morgan fingerprint density at radius 3 is 2.79 bits per heavy atom. The van der Waals surface area contributed by atoms with Crippen LogP contribution in [0.1, 0.15) is 48.4 Å². The molecule has 29 heavy (non-hydrogen) atoms. The number of nitrogens with zero attached hydrogens (tertiary/aromatic N) is 4. The minimum absolute atomic E-state index is 0.157. The Morgan fingerprint density at radius 1 is 1.21 bits per heavy atom. The molecule has 5 rings (SSSR count). The van der Waals surface area contributed by atoms with Gasteiger partial charge in [-0.1, -0.05) is 36.0 Å². The normalized spacial score (nSPS) is 17.2. The molecule has 7 heteroatoms. The summed E-state index contributed by atoms with van der Waals surface area (Å²) in [7, 11) is 0. The Labute approximate surface area is 174 Å². The van der Waals surface area contributed by atoms with Crippen molar-refractivity contribution < 1.29 is 9.21 Å². The van der Waals surface area contributed by atoms with Gasteiger partial charge in [-0.2, -0.15) is 0 Å². The number of aromatic nitrogens is 3. The fourth-order valence-corrected chi connectivity index (χ4v) is 4.83. The number of furan rings is 1. The first-order chi connectivity index (χ1) is 14.2. The van der Waals surface area contributed by atoms with E-state index >= 15 is 0 Å². The first-order valence-corrected chi connectivity index (χ1v) is 11.0. The van der Waals surface area contributed by atoms with Gasteiger partial charge in [0, 0.05) is 19.0 Å². The minimum Gasteiger partial charge on any atom is -0.467 e. The van der Waals surface area contributed by atoms with Crippen LogP contribution in [-0.2, 0) is 24.3 Å². The summed E-state index contributed by atoms with van der Waals surface area (Å²) >= 11 is 1.50. The van der Waals surface area contributed by atoms with Gasteiger partial charge in [0.2, 0.25) is 5.91 Å². The first-order valence-electron chi connectivity index (χ1n) is 10.2. The van der Waals surface area contributed by atoms with Gasteiger partial charge in [0.15, 0.2) is 5.16 Å². The van der Waals surface area contributed by atoms with E-state index in [4.69, 9.17) is 4.42 Å². The first kappa shape index (κ1) is 18.5. The average Bonchev–Trinajstić information content (AvgIpc) is 3.32. The molecule has 2 aromatic heterocycles. The summed E-state index contributed by atoms with van der Waals surface area (Å²) in [5.41, 5.74) is 2.60. The average molecular weight is 409 g/mol. The van der Waals surface area contributed by atoms with Crippen molar-refractivity contribution in [3.05, 3.63) is 65.4 Å². The number of rotatable bonds is 6. The molecule has 0 N–H and O–H groups in total. The topological polar surface area (TPSA) is 64.2 Å². The van der Waals surface area contributed by atoms with Crippen LogP contribution in [0, 0.1) is 0 Å². The smallest absolute Gasteiger partial charge is 0.236 e. The number of hydrogen-bond acceptors (Lipinski definition) is 5. The van der Waals surface area contributed by atoms with Crippen molar-refractivity contribution in [2.45, 2.75) is 55.6 Å². The van der Waals surface area contributed by atoms with E-state index in [-0.39, 0.29) is 11.2 Å². The molecule has 1 aromatic carbocycles.